The lowest BCUT2D eigenvalue weighted by Crippen LogP contribution is -2.35. The van der Waals surface area contributed by atoms with E-state index in [1.54, 1.807) is 31.4 Å². The number of benzene rings is 2. The predicted octanol–water partition coefficient (Wildman–Crippen LogP) is 3.78. The quantitative estimate of drug-likeness (QED) is 0.634. The number of carbonyl (C=O) groups is 1. The third-order valence-corrected chi connectivity index (χ3v) is 5.66. The van der Waals surface area contributed by atoms with Crippen LogP contribution in [0.25, 0.3) is 0 Å². The Morgan fingerprint density at radius 1 is 1.13 bits per heavy atom. The number of nitrogens with two attached hydrogens (primary N) is 1. The zero-order valence-electron chi connectivity index (χ0n) is 17.6. The molecule has 7 heteroatoms. The highest BCUT2D eigenvalue weighted by Crippen LogP contribution is 2.25. The van der Waals surface area contributed by atoms with Crippen LogP contribution in [-0.4, -0.2) is 36.1 Å². The van der Waals surface area contributed by atoms with Gasteiger partial charge in [0.2, 0.25) is 5.95 Å². The summed E-state index contributed by atoms with van der Waals surface area (Å²) in [6, 6.07) is 17.7. The van der Waals surface area contributed by atoms with Gasteiger partial charge in [-0.15, -0.1) is 0 Å². The van der Waals surface area contributed by atoms with Crippen molar-refractivity contribution in [2.24, 2.45) is 5.92 Å². The molecule has 31 heavy (non-hydrogen) atoms. The number of aromatic nitrogens is 2. The summed E-state index contributed by atoms with van der Waals surface area (Å²) < 4.78 is 5.13. The monoisotopic (exact) mass is 417 g/mol. The second-order valence-corrected chi connectivity index (χ2v) is 7.77. The average molecular weight is 418 g/mol. The normalized spacial score (nSPS) is 14.3. The van der Waals surface area contributed by atoms with Crippen LogP contribution in [0.2, 0.25) is 0 Å². The van der Waals surface area contributed by atoms with E-state index in [0.717, 1.165) is 38.1 Å². The summed E-state index contributed by atoms with van der Waals surface area (Å²) in [7, 11) is 1.60. The van der Waals surface area contributed by atoms with Gasteiger partial charge in [0, 0.05) is 25.0 Å². The number of hydrogen-bond acceptors (Lipinski definition) is 6. The number of ether oxygens (including phenoxy) is 1. The van der Waals surface area contributed by atoms with Gasteiger partial charge in [-0.3, -0.25) is 4.79 Å². The molecule has 0 atom stereocenters. The van der Waals surface area contributed by atoms with E-state index in [-0.39, 0.29) is 17.3 Å². The van der Waals surface area contributed by atoms with Crippen molar-refractivity contribution in [3.63, 3.8) is 0 Å². The smallest absolute Gasteiger partial charge is 0.260 e. The topological polar surface area (TPSA) is 93.4 Å². The summed E-state index contributed by atoms with van der Waals surface area (Å²) in [5.41, 5.74) is 8.39. The van der Waals surface area contributed by atoms with Crippen LogP contribution in [0.5, 0.6) is 5.75 Å². The molecule has 0 bridgehead atoms. The summed E-state index contributed by atoms with van der Waals surface area (Å²) in [6.45, 7) is 1.77. The highest BCUT2D eigenvalue weighted by atomic mass is 16.5. The van der Waals surface area contributed by atoms with Crippen LogP contribution in [0.4, 0.5) is 17.5 Å². The lowest BCUT2D eigenvalue weighted by molar-refractivity contribution is 0.102. The average Bonchev–Trinajstić information content (AvgIpc) is 2.80. The van der Waals surface area contributed by atoms with Gasteiger partial charge < -0.3 is 20.7 Å². The van der Waals surface area contributed by atoms with Crippen LogP contribution in [-0.2, 0) is 6.42 Å². The number of methoxy groups -OCH3 is 1. The Morgan fingerprint density at radius 3 is 2.48 bits per heavy atom. The largest absolute Gasteiger partial charge is 0.497 e. The number of carbonyl (C=O) groups excluding carboxylic acids is 1. The fourth-order valence-corrected chi connectivity index (χ4v) is 3.87. The maximum Gasteiger partial charge on any atom is 0.260 e. The molecule has 160 valence electrons. The Bertz CT molecular complexity index is 1020. The summed E-state index contributed by atoms with van der Waals surface area (Å²) in [6.07, 6.45) is 4.77. The Morgan fingerprint density at radius 2 is 1.84 bits per heavy atom. The number of rotatable bonds is 6. The van der Waals surface area contributed by atoms with Crippen LogP contribution in [0.1, 0.15) is 28.8 Å². The van der Waals surface area contributed by atoms with Crippen LogP contribution in [0.3, 0.4) is 0 Å². The minimum absolute atomic E-state index is 0.183. The third kappa shape index (κ3) is 5.12. The zero-order chi connectivity index (χ0) is 21.6. The first-order chi connectivity index (χ1) is 15.1. The minimum atomic E-state index is -0.337. The Hall–Kier alpha value is -3.61. The number of hydrogen-bond donors (Lipinski definition) is 2. The number of nitrogen functional groups attached to an aromatic ring is 1. The second-order valence-electron chi connectivity index (χ2n) is 7.77. The van der Waals surface area contributed by atoms with Gasteiger partial charge in [-0.1, -0.05) is 30.3 Å². The number of piperidine rings is 1. The van der Waals surface area contributed by atoms with Gasteiger partial charge in [0.25, 0.3) is 5.91 Å². The van der Waals surface area contributed by atoms with E-state index in [1.807, 2.05) is 0 Å². The molecule has 2 aromatic carbocycles. The molecule has 0 unspecified atom stereocenters. The van der Waals surface area contributed by atoms with E-state index in [9.17, 15) is 4.79 Å². The SMILES string of the molecule is COc1ccc(NC(=O)c2cnc(N3CCC(Cc4ccccc4)CC3)nc2N)cc1. The predicted molar refractivity (Wildman–Crippen MR) is 122 cm³/mol. The molecule has 0 aliphatic carbocycles. The van der Waals surface area contributed by atoms with Gasteiger partial charge in [-0.2, -0.15) is 4.98 Å². The summed E-state index contributed by atoms with van der Waals surface area (Å²) >= 11 is 0. The first-order valence-corrected chi connectivity index (χ1v) is 10.5. The van der Waals surface area contributed by atoms with E-state index in [4.69, 9.17) is 10.5 Å². The molecular weight excluding hydrogens is 390 g/mol. The van der Waals surface area contributed by atoms with Crippen LogP contribution < -0.4 is 20.7 Å². The minimum Gasteiger partial charge on any atom is -0.497 e. The summed E-state index contributed by atoms with van der Waals surface area (Å²) in [5.74, 6) is 1.80. The second kappa shape index (κ2) is 9.47. The van der Waals surface area contributed by atoms with Crippen molar-refractivity contribution in [1.82, 2.24) is 9.97 Å². The fourth-order valence-electron chi connectivity index (χ4n) is 3.87. The van der Waals surface area contributed by atoms with Gasteiger partial charge in [-0.05, 0) is 55.0 Å². The molecule has 7 nitrogen and oxygen atoms in total. The van der Waals surface area contributed by atoms with E-state index < -0.39 is 0 Å². The van der Waals surface area contributed by atoms with E-state index in [2.05, 4.69) is 50.5 Å². The van der Waals surface area contributed by atoms with E-state index in [1.165, 1.54) is 11.8 Å². The van der Waals surface area contributed by atoms with Crippen molar-refractivity contribution >= 4 is 23.4 Å². The summed E-state index contributed by atoms with van der Waals surface area (Å²) in [4.78, 5) is 23.5. The molecule has 4 rings (SSSR count). The molecule has 1 fully saturated rings. The summed E-state index contributed by atoms with van der Waals surface area (Å²) in [5, 5.41) is 2.81. The molecule has 3 N–H and O–H groups in total. The maximum absolute atomic E-state index is 12.6. The van der Waals surface area contributed by atoms with Gasteiger partial charge in [0.15, 0.2) is 0 Å². The molecule has 1 amide bonds. The standard InChI is InChI=1S/C24H27N5O2/c1-31-20-9-7-19(8-10-20)27-23(30)21-16-26-24(28-22(21)25)29-13-11-18(12-14-29)15-17-5-3-2-4-6-17/h2-10,16,18H,11-15H2,1H3,(H,27,30)(H2,25,26,28). The lowest BCUT2D eigenvalue weighted by Gasteiger charge is -2.32. The van der Waals surface area contributed by atoms with E-state index >= 15 is 0 Å². The van der Waals surface area contributed by atoms with Crippen molar-refractivity contribution in [1.29, 1.82) is 0 Å². The molecule has 2 heterocycles. The Kier molecular flexibility index (Phi) is 6.31. The molecule has 1 saturated heterocycles. The van der Waals surface area contributed by atoms with Gasteiger partial charge in [-0.25, -0.2) is 4.98 Å². The molecule has 0 saturated carbocycles. The Balaban J connectivity index is 1.35. The van der Waals surface area contributed by atoms with Crippen molar-refractivity contribution in [3.05, 3.63) is 71.9 Å². The fraction of sp³-hybridized carbons (Fsp3) is 0.292. The van der Waals surface area contributed by atoms with Crippen molar-refractivity contribution in [2.45, 2.75) is 19.3 Å². The lowest BCUT2D eigenvalue weighted by atomic mass is 9.90. The van der Waals surface area contributed by atoms with Crippen LogP contribution in [0.15, 0.2) is 60.8 Å². The Labute approximate surface area is 182 Å². The number of nitrogens with one attached hydrogen (secondary N) is 1. The maximum atomic E-state index is 12.6. The van der Waals surface area contributed by atoms with Gasteiger partial charge in [0.1, 0.15) is 17.1 Å². The van der Waals surface area contributed by atoms with Crippen molar-refractivity contribution in [2.75, 3.05) is 36.1 Å². The van der Waals surface area contributed by atoms with Crippen LogP contribution in [0, 0.1) is 5.92 Å². The zero-order valence-corrected chi connectivity index (χ0v) is 17.6. The molecule has 3 aromatic rings. The first-order valence-electron chi connectivity index (χ1n) is 10.5. The third-order valence-electron chi connectivity index (χ3n) is 5.66. The van der Waals surface area contributed by atoms with Gasteiger partial charge >= 0.3 is 0 Å². The molecule has 1 aliphatic heterocycles. The van der Waals surface area contributed by atoms with E-state index in [0.29, 0.717) is 17.6 Å². The molecule has 1 aliphatic rings. The molecule has 1 aromatic heterocycles. The molecule has 0 spiro atoms. The number of anilines is 3. The highest BCUT2D eigenvalue weighted by molar-refractivity contribution is 6.07. The van der Waals surface area contributed by atoms with Crippen molar-refractivity contribution < 1.29 is 9.53 Å². The number of amides is 1. The molecular formula is C24H27N5O2. The van der Waals surface area contributed by atoms with Crippen LogP contribution >= 0.6 is 0 Å². The van der Waals surface area contributed by atoms with Crippen molar-refractivity contribution in [3.8, 4) is 5.75 Å². The van der Waals surface area contributed by atoms with Gasteiger partial charge in [0.05, 0.1) is 7.11 Å². The molecule has 0 radical (unpaired) electrons. The first kappa shape index (κ1) is 20.7. The highest BCUT2D eigenvalue weighted by Gasteiger charge is 2.22. The number of nitrogens with zero attached hydrogens (tertiary/aromatic N) is 3.